The van der Waals surface area contributed by atoms with Crippen LogP contribution < -0.4 is 0 Å². The van der Waals surface area contributed by atoms with Crippen LogP contribution in [0, 0.1) is 5.92 Å². The summed E-state index contributed by atoms with van der Waals surface area (Å²) in [6.07, 6.45) is 17.0. The summed E-state index contributed by atoms with van der Waals surface area (Å²) in [7, 11) is 0. The van der Waals surface area contributed by atoms with Gasteiger partial charge in [-0.1, -0.05) is 71.1 Å². The van der Waals surface area contributed by atoms with Gasteiger partial charge in [-0.05, 0) is 25.2 Å². The molecule has 0 aromatic heterocycles. The van der Waals surface area contributed by atoms with Crippen molar-refractivity contribution in [1.29, 1.82) is 0 Å². The maximum Gasteiger partial charge on any atom is 0.0568 e. The molecule has 1 nitrogen and oxygen atoms in total. The zero-order valence-electron chi connectivity index (χ0n) is 11.8. The molecule has 102 valence electrons. The largest absolute Gasteiger partial charge is 0.393 e. The van der Waals surface area contributed by atoms with Crippen LogP contribution in [0.3, 0.4) is 0 Å². The van der Waals surface area contributed by atoms with Crippen molar-refractivity contribution in [1.82, 2.24) is 0 Å². The van der Waals surface area contributed by atoms with Crippen LogP contribution in [0.5, 0.6) is 0 Å². The van der Waals surface area contributed by atoms with Gasteiger partial charge in [0.25, 0.3) is 0 Å². The molecule has 0 saturated heterocycles. The van der Waals surface area contributed by atoms with E-state index in [-0.39, 0.29) is 6.10 Å². The third-order valence-corrected chi connectivity index (χ3v) is 4.30. The van der Waals surface area contributed by atoms with Gasteiger partial charge in [-0.2, -0.15) is 0 Å². The smallest absolute Gasteiger partial charge is 0.0568 e. The molecule has 1 rings (SSSR count). The van der Waals surface area contributed by atoms with Gasteiger partial charge in [0.05, 0.1) is 6.10 Å². The Hall–Kier alpha value is -0.0400. The van der Waals surface area contributed by atoms with Gasteiger partial charge in [-0.25, -0.2) is 0 Å². The van der Waals surface area contributed by atoms with E-state index in [9.17, 15) is 5.11 Å². The number of aliphatic hydroxyl groups excluding tert-OH is 1. The first-order valence-corrected chi connectivity index (χ1v) is 8.02. The Labute approximate surface area is 108 Å². The lowest BCUT2D eigenvalue weighted by Crippen LogP contribution is -2.20. The van der Waals surface area contributed by atoms with Crippen LogP contribution in [0.1, 0.15) is 90.4 Å². The highest BCUT2D eigenvalue weighted by molar-refractivity contribution is 4.70. The van der Waals surface area contributed by atoms with Crippen molar-refractivity contribution in [2.24, 2.45) is 5.92 Å². The normalized spacial score (nSPS) is 29.3. The number of hydrogen-bond acceptors (Lipinski definition) is 1. The van der Waals surface area contributed by atoms with Crippen LogP contribution in [0.2, 0.25) is 0 Å². The Balaban J connectivity index is 2.33. The first-order valence-electron chi connectivity index (χ1n) is 8.02. The molecule has 2 unspecified atom stereocenters. The molecule has 0 heterocycles. The summed E-state index contributed by atoms with van der Waals surface area (Å²) < 4.78 is 0. The quantitative estimate of drug-likeness (QED) is 0.730. The van der Waals surface area contributed by atoms with Gasteiger partial charge in [-0.15, -0.1) is 0 Å². The second-order valence-corrected chi connectivity index (χ2v) is 5.88. The monoisotopic (exact) mass is 240 g/mol. The molecule has 1 heteroatoms. The molecule has 0 aromatic rings. The fraction of sp³-hybridized carbons (Fsp3) is 1.00. The first kappa shape index (κ1) is 15.0. The predicted octanol–water partition coefficient (Wildman–Crippen LogP) is 5.07. The van der Waals surface area contributed by atoms with Gasteiger partial charge >= 0.3 is 0 Å². The molecule has 1 saturated carbocycles. The maximum absolute atomic E-state index is 10.3. The fourth-order valence-corrected chi connectivity index (χ4v) is 3.05. The van der Waals surface area contributed by atoms with Crippen molar-refractivity contribution >= 4 is 0 Å². The van der Waals surface area contributed by atoms with E-state index in [1.54, 1.807) is 0 Å². The lowest BCUT2D eigenvalue weighted by molar-refractivity contribution is 0.0828. The van der Waals surface area contributed by atoms with Crippen molar-refractivity contribution in [2.45, 2.75) is 96.5 Å². The van der Waals surface area contributed by atoms with Crippen LogP contribution in [-0.4, -0.2) is 11.2 Å². The van der Waals surface area contributed by atoms with E-state index in [1.165, 1.54) is 77.0 Å². The molecular weight excluding hydrogens is 208 g/mol. The summed E-state index contributed by atoms with van der Waals surface area (Å²) in [6.45, 7) is 2.25. The minimum Gasteiger partial charge on any atom is -0.393 e. The lowest BCUT2D eigenvalue weighted by atomic mass is 9.87. The van der Waals surface area contributed by atoms with Gasteiger partial charge in [0.15, 0.2) is 0 Å². The molecule has 1 aliphatic carbocycles. The first-order chi connectivity index (χ1) is 8.34. The summed E-state index contributed by atoms with van der Waals surface area (Å²) in [5.41, 5.74) is 0. The third-order valence-electron chi connectivity index (χ3n) is 4.30. The molecule has 0 spiro atoms. The Morgan fingerprint density at radius 3 is 1.94 bits per heavy atom. The van der Waals surface area contributed by atoms with E-state index in [0.29, 0.717) is 5.92 Å². The van der Waals surface area contributed by atoms with Crippen LogP contribution in [0.15, 0.2) is 0 Å². The fourth-order valence-electron chi connectivity index (χ4n) is 3.05. The Morgan fingerprint density at radius 1 is 0.824 bits per heavy atom. The molecule has 0 radical (unpaired) electrons. The second-order valence-electron chi connectivity index (χ2n) is 5.88. The molecule has 1 N–H and O–H groups in total. The topological polar surface area (TPSA) is 20.2 Å². The Morgan fingerprint density at radius 2 is 1.35 bits per heavy atom. The van der Waals surface area contributed by atoms with E-state index < -0.39 is 0 Å². The highest BCUT2D eigenvalue weighted by Gasteiger charge is 2.18. The molecular formula is C16H32O. The summed E-state index contributed by atoms with van der Waals surface area (Å²) in [5, 5.41) is 10.3. The van der Waals surface area contributed by atoms with Crippen molar-refractivity contribution < 1.29 is 5.11 Å². The van der Waals surface area contributed by atoms with Gasteiger partial charge in [-0.3, -0.25) is 0 Å². The van der Waals surface area contributed by atoms with Crippen LogP contribution in [0.4, 0.5) is 0 Å². The van der Waals surface area contributed by atoms with Gasteiger partial charge in [0.1, 0.15) is 0 Å². The molecule has 2 atom stereocenters. The second kappa shape index (κ2) is 9.94. The van der Waals surface area contributed by atoms with E-state index in [0.717, 1.165) is 6.42 Å². The highest BCUT2D eigenvalue weighted by Crippen LogP contribution is 2.25. The number of rotatable bonds is 3. The maximum atomic E-state index is 10.3. The molecule has 0 aromatic carbocycles. The SMILES string of the molecule is CCCCC1CCCCCCCCCCC1O. The summed E-state index contributed by atoms with van der Waals surface area (Å²) in [5.74, 6) is 0.592. The zero-order chi connectivity index (χ0) is 12.3. The summed E-state index contributed by atoms with van der Waals surface area (Å²) in [6, 6.07) is 0. The lowest BCUT2D eigenvalue weighted by Gasteiger charge is -2.23. The molecule has 0 bridgehead atoms. The number of unbranched alkanes of at least 4 members (excludes halogenated alkanes) is 1. The minimum atomic E-state index is -0.0130. The Bertz CT molecular complexity index is 167. The average molecular weight is 240 g/mol. The molecule has 17 heavy (non-hydrogen) atoms. The summed E-state index contributed by atoms with van der Waals surface area (Å²) in [4.78, 5) is 0. The summed E-state index contributed by atoms with van der Waals surface area (Å²) >= 11 is 0. The third kappa shape index (κ3) is 7.08. The zero-order valence-corrected chi connectivity index (χ0v) is 11.8. The van der Waals surface area contributed by atoms with Crippen molar-refractivity contribution in [2.75, 3.05) is 0 Å². The van der Waals surface area contributed by atoms with Crippen LogP contribution in [0.25, 0.3) is 0 Å². The standard InChI is InChI=1S/C16H32O/c1-2-3-12-15-13-10-8-6-4-5-7-9-11-14-16(15)17/h15-17H,2-14H2,1H3. The van der Waals surface area contributed by atoms with E-state index >= 15 is 0 Å². The van der Waals surface area contributed by atoms with Gasteiger partial charge in [0, 0.05) is 0 Å². The van der Waals surface area contributed by atoms with Crippen molar-refractivity contribution in [3.05, 3.63) is 0 Å². The predicted molar refractivity (Wildman–Crippen MR) is 75.2 cm³/mol. The molecule has 0 aliphatic heterocycles. The van der Waals surface area contributed by atoms with E-state index in [1.807, 2.05) is 0 Å². The van der Waals surface area contributed by atoms with Crippen LogP contribution >= 0.6 is 0 Å². The van der Waals surface area contributed by atoms with Crippen LogP contribution in [-0.2, 0) is 0 Å². The highest BCUT2D eigenvalue weighted by atomic mass is 16.3. The van der Waals surface area contributed by atoms with E-state index in [4.69, 9.17) is 0 Å². The molecule has 1 aliphatic rings. The van der Waals surface area contributed by atoms with Gasteiger partial charge < -0.3 is 5.11 Å². The molecule has 1 fully saturated rings. The number of aliphatic hydroxyl groups is 1. The van der Waals surface area contributed by atoms with E-state index in [2.05, 4.69) is 6.92 Å². The van der Waals surface area contributed by atoms with Crippen molar-refractivity contribution in [3.8, 4) is 0 Å². The Kier molecular flexibility index (Phi) is 8.78. The number of hydrogen-bond donors (Lipinski definition) is 1. The average Bonchev–Trinajstić information content (AvgIpc) is 2.33. The van der Waals surface area contributed by atoms with Crippen molar-refractivity contribution in [3.63, 3.8) is 0 Å². The molecule has 0 amide bonds. The van der Waals surface area contributed by atoms with Gasteiger partial charge in [0.2, 0.25) is 0 Å². The minimum absolute atomic E-state index is 0.0130.